The summed E-state index contributed by atoms with van der Waals surface area (Å²) >= 11 is 2.95. The molecular weight excluding hydrogens is 683 g/mol. The van der Waals surface area contributed by atoms with Gasteiger partial charge in [0, 0.05) is 34.0 Å². The third-order valence-corrected chi connectivity index (χ3v) is 9.06. The highest BCUT2D eigenvalue weighted by Gasteiger charge is 2.22. The van der Waals surface area contributed by atoms with E-state index in [1.54, 1.807) is 42.6 Å². The van der Waals surface area contributed by atoms with E-state index in [1.165, 1.54) is 23.5 Å². The molecule has 0 unspecified atom stereocenters. The number of oxazole rings is 1. The highest BCUT2D eigenvalue weighted by molar-refractivity contribution is 7.98. The Morgan fingerprint density at radius 3 is 1.47 bits per heavy atom. The molecule has 0 aliphatic carbocycles. The summed E-state index contributed by atoms with van der Waals surface area (Å²) in [4.78, 5) is 55.7. The molecule has 0 saturated heterocycles. The number of rotatable bonds is 16. The average Bonchev–Trinajstić information content (AvgIpc) is 3.63. The zero-order valence-electron chi connectivity index (χ0n) is 28.3. The van der Waals surface area contributed by atoms with Crippen LogP contribution in [0.5, 0.6) is 0 Å². The topological polar surface area (TPSA) is 142 Å². The van der Waals surface area contributed by atoms with E-state index in [0.29, 0.717) is 40.1 Å². The molecule has 5 rings (SSSR count). The largest absolute Gasteiger partial charge is 0.436 e. The molecule has 0 bridgehead atoms. The normalized spacial score (nSPS) is 12.0. The van der Waals surface area contributed by atoms with Crippen molar-refractivity contribution in [1.82, 2.24) is 15.6 Å². The maximum atomic E-state index is 13.0. The van der Waals surface area contributed by atoms with Gasteiger partial charge in [0.05, 0.1) is 19.0 Å². The standard InChI is InChI=1S/C39H39N5O5S2/c1-50-24-32(43-35(45)21-26-9-5-3-6-10-26)37(47)41-30-17-13-28(14-18-30)34-23-40-39(49-34)29-15-19-31(20-16-29)42-38(48)33(25-51-2)44-36(46)22-27-11-7-4-8-12-27/h3-20,23,32-33H,21-22,24-25H2,1-2H3,(H,41,47)(H,42,48)(H,43,45)(H,44,46)/t32-,33-/m0/s1. The van der Waals surface area contributed by atoms with Crippen LogP contribution < -0.4 is 21.3 Å². The van der Waals surface area contributed by atoms with Crippen LogP contribution in [-0.4, -0.2) is 64.7 Å². The van der Waals surface area contributed by atoms with Crippen LogP contribution in [0.3, 0.4) is 0 Å². The number of nitrogens with one attached hydrogen (secondary N) is 4. The number of benzene rings is 4. The third kappa shape index (κ3) is 11.1. The molecule has 0 aliphatic heterocycles. The van der Waals surface area contributed by atoms with Crippen molar-refractivity contribution in [3.63, 3.8) is 0 Å². The van der Waals surface area contributed by atoms with Crippen LogP contribution in [0.2, 0.25) is 0 Å². The molecule has 4 N–H and O–H groups in total. The predicted octanol–water partition coefficient (Wildman–Crippen LogP) is 6.07. The second-order valence-electron chi connectivity index (χ2n) is 11.6. The first-order valence-electron chi connectivity index (χ1n) is 16.2. The molecule has 10 nitrogen and oxygen atoms in total. The summed E-state index contributed by atoms with van der Waals surface area (Å²) in [5.41, 5.74) is 4.40. The van der Waals surface area contributed by atoms with Crippen molar-refractivity contribution in [2.24, 2.45) is 0 Å². The Morgan fingerprint density at radius 1 is 0.608 bits per heavy atom. The van der Waals surface area contributed by atoms with E-state index in [2.05, 4.69) is 26.3 Å². The second-order valence-corrected chi connectivity index (χ2v) is 13.5. The Morgan fingerprint density at radius 2 is 1.04 bits per heavy atom. The predicted molar refractivity (Wildman–Crippen MR) is 206 cm³/mol. The second kappa shape index (κ2) is 18.6. The molecular formula is C39H39N5O5S2. The fraction of sp³-hybridized carbons (Fsp3) is 0.205. The Kier molecular flexibility index (Phi) is 13.5. The first-order valence-corrected chi connectivity index (χ1v) is 19.0. The van der Waals surface area contributed by atoms with E-state index < -0.39 is 12.1 Å². The summed E-state index contributed by atoms with van der Waals surface area (Å²) in [6.07, 6.45) is 5.79. The fourth-order valence-corrected chi connectivity index (χ4v) is 6.30. The molecule has 262 valence electrons. The number of amides is 4. The van der Waals surface area contributed by atoms with Crippen LogP contribution in [0.25, 0.3) is 22.8 Å². The van der Waals surface area contributed by atoms with Crippen molar-refractivity contribution in [3.05, 3.63) is 127 Å². The summed E-state index contributed by atoms with van der Waals surface area (Å²) in [5, 5.41) is 11.5. The van der Waals surface area contributed by atoms with Gasteiger partial charge in [-0.3, -0.25) is 19.2 Å². The van der Waals surface area contributed by atoms with Crippen molar-refractivity contribution >= 4 is 58.5 Å². The van der Waals surface area contributed by atoms with Gasteiger partial charge in [-0.05, 0) is 72.2 Å². The zero-order chi connectivity index (χ0) is 36.0. The van der Waals surface area contributed by atoms with E-state index in [9.17, 15) is 19.2 Å². The minimum absolute atomic E-state index is 0.197. The van der Waals surface area contributed by atoms with Crippen LogP contribution in [0.1, 0.15) is 11.1 Å². The maximum Gasteiger partial charge on any atom is 0.247 e. The molecule has 4 aromatic carbocycles. The smallest absolute Gasteiger partial charge is 0.247 e. The number of thioether (sulfide) groups is 2. The lowest BCUT2D eigenvalue weighted by atomic mass is 10.1. The summed E-state index contributed by atoms with van der Waals surface area (Å²) in [6.45, 7) is 0. The van der Waals surface area contributed by atoms with Crippen LogP contribution in [0, 0.1) is 0 Å². The Labute approximate surface area is 305 Å². The van der Waals surface area contributed by atoms with Gasteiger partial charge in [0.25, 0.3) is 0 Å². The molecule has 4 amide bonds. The summed E-state index contributed by atoms with van der Waals surface area (Å²) in [7, 11) is 0. The van der Waals surface area contributed by atoms with Crippen molar-refractivity contribution < 1.29 is 23.6 Å². The number of hydrogen-bond acceptors (Lipinski definition) is 8. The van der Waals surface area contributed by atoms with E-state index in [4.69, 9.17) is 4.42 Å². The molecule has 5 aromatic rings. The Hall–Kier alpha value is -5.33. The molecule has 0 aliphatic rings. The molecule has 1 aromatic heterocycles. The number of carbonyl (C=O) groups excluding carboxylic acids is 4. The van der Waals surface area contributed by atoms with Gasteiger partial charge in [-0.25, -0.2) is 4.98 Å². The first-order chi connectivity index (χ1) is 24.8. The Balaban J connectivity index is 1.14. The van der Waals surface area contributed by atoms with E-state index in [-0.39, 0.29) is 36.5 Å². The molecule has 1 heterocycles. The fourth-order valence-electron chi connectivity index (χ4n) is 5.17. The summed E-state index contributed by atoms with van der Waals surface area (Å²) in [5.74, 6) is 0.778. The third-order valence-electron chi connectivity index (χ3n) is 7.73. The quantitative estimate of drug-likeness (QED) is 0.0963. The van der Waals surface area contributed by atoms with Crippen molar-refractivity contribution in [2.75, 3.05) is 34.7 Å². The highest BCUT2D eigenvalue weighted by atomic mass is 32.2. The minimum Gasteiger partial charge on any atom is -0.436 e. The lowest BCUT2D eigenvalue weighted by Gasteiger charge is -2.18. The van der Waals surface area contributed by atoms with Crippen molar-refractivity contribution in [2.45, 2.75) is 24.9 Å². The van der Waals surface area contributed by atoms with Crippen LogP contribution >= 0.6 is 23.5 Å². The number of anilines is 2. The molecule has 12 heteroatoms. The average molecular weight is 722 g/mol. The van der Waals surface area contributed by atoms with Gasteiger partial charge >= 0.3 is 0 Å². The number of hydrogen-bond donors (Lipinski definition) is 4. The zero-order valence-corrected chi connectivity index (χ0v) is 29.9. The van der Waals surface area contributed by atoms with Gasteiger partial charge in [-0.15, -0.1) is 0 Å². The number of nitrogens with zero attached hydrogens (tertiary/aromatic N) is 1. The van der Waals surface area contributed by atoms with E-state index in [0.717, 1.165) is 16.7 Å². The number of carbonyl (C=O) groups is 4. The molecule has 0 fully saturated rings. The highest BCUT2D eigenvalue weighted by Crippen LogP contribution is 2.28. The van der Waals surface area contributed by atoms with E-state index >= 15 is 0 Å². The van der Waals surface area contributed by atoms with Gasteiger partial charge in [-0.1, -0.05) is 60.7 Å². The molecule has 51 heavy (non-hydrogen) atoms. The van der Waals surface area contributed by atoms with Gasteiger partial charge in [0.15, 0.2) is 5.76 Å². The SMILES string of the molecule is CSC[C@H](NC(=O)Cc1ccccc1)C(=O)Nc1ccc(-c2cnc(-c3ccc(NC(=O)[C@H](CSC)NC(=O)Cc4ccccc4)cc3)o2)cc1. The van der Waals surface area contributed by atoms with Crippen LogP contribution in [0.4, 0.5) is 11.4 Å². The Bertz CT molecular complexity index is 1760. The minimum atomic E-state index is -0.688. The number of aromatic nitrogens is 1. The van der Waals surface area contributed by atoms with Crippen molar-refractivity contribution in [1.29, 1.82) is 0 Å². The monoisotopic (exact) mass is 721 g/mol. The molecule has 2 atom stereocenters. The van der Waals surface area contributed by atoms with Gasteiger partial charge in [0.2, 0.25) is 29.5 Å². The lowest BCUT2D eigenvalue weighted by Crippen LogP contribution is -2.46. The van der Waals surface area contributed by atoms with Gasteiger partial charge in [0.1, 0.15) is 12.1 Å². The summed E-state index contributed by atoms with van der Waals surface area (Å²) in [6, 6.07) is 31.7. The molecule has 0 radical (unpaired) electrons. The van der Waals surface area contributed by atoms with Crippen LogP contribution in [0.15, 0.2) is 120 Å². The molecule has 0 spiro atoms. The first kappa shape index (κ1) is 36.9. The molecule has 0 saturated carbocycles. The lowest BCUT2D eigenvalue weighted by molar-refractivity contribution is -0.125. The maximum absolute atomic E-state index is 13.0. The van der Waals surface area contributed by atoms with Gasteiger partial charge < -0.3 is 25.7 Å². The summed E-state index contributed by atoms with van der Waals surface area (Å²) < 4.78 is 6.04. The van der Waals surface area contributed by atoms with E-state index in [1.807, 2.05) is 85.3 Å². The van der Waals surface area contributed by atoms with Crippen LogP contribution in [-0.2, 0) is 32.0 Å². The van der Waals surface area contributed by atoms with Crippen molar-refractivity contribution in [3.8, 4) is 22.8 Å². The van der Waals surface area contributed by atoms with Gasteiger partial charge in [-0.2, -0.15) is 23.5 Å².